The monoisotopic (exact) mass is 262 g/mol. The number of aliphatic carboxylic acids is 1. The Balaban J connectivity index is 1.93. The van der Waals surface area contributed by atoms with Crippen molar-refractivity contribution in [3.05, 3.63) is 24.3 Å². The number of carboxylic acids is 1. The maximum absolute atomic E-state index is 11.1. The topological polar surface area (TPSA) is 53.4 Å². The highest BCUT2D eigenvalue weighted by Gasteiger charge is 2.36. The molecular weight excluding hydrogens is 248 g/mol. The second-order valence-electron chi connectivity index (χ2n) is 4.63. The Morgan fingerprint density at radius 3 is 2.94 bits per heavy atom. The molecule has 2 heterocycles. The van der Waals surface area contributed by atoms with Crippen molar-refractivity contribution in [3.8, 4) is 0 Å². The normalized spacial score (nSPS) is 23.7. The van der Waals surface area contributed by atoms with Crippen LogP contribution in [-0.4, -0.2) is 28.6 Å². The van der Waals surface area contributed by atoms with Crippen LogP contribution in [0.3, 0.4) is 0 Å². The minimum atomic E-state index is -0.703. The number of thiazole rings is 1. The van der Waals surface area contributed by atoms with Crippen LogP contribution in [0, 0.1) is 5.92 Å². The number of benzene rings is 1. The van der Waals surface area contributed by atoms with E-state index in [0.717, 1.165) is 21.9 Å². The second kappa shape index (κ2) is 4.24. The first-order valence-electron chi connectivity index (χ1n) is 6.02. The zero-order valence-corrected chi connectivity index (χ0v) is 10.9. The molecule has 0 saturated carbocycles. The summed E-state index contributed by atoms with van der Waals surface area (Å²) in [5.41, 5.74) is 0.989. The van der Waals surface area contributed by atoms with Gasteiger partial charge in [-0.2, -0.15) is 0 Å². The number of hydrogen-bond donors (Lipinski definition) is 1. The number of hydrogen-bond acceptors (Lipinski definition) is 4. The number of aromatic nitrogens is 1. The van der Waals surface area contributed by atoms with Crippen molar-refractivity contribution in [2.75, 3.05) is 11.4 Å². The molecule has 2 unspecified atom stereocenters. The Morgan fingerprint density at radius 1 is 1.50 bits per heavy atom. The van der Waals surface area contributed by atoms with Crippen LogP contribution in [-0.2, 0) is 4.79 Å². The van der Waals surface area contributed by atoms with Gasteiger partial charge < -0.3 is 10.0 Å². The van der Waals surface area contributed by atoms with Gasteiger partial charge in [0.15, 0.2) is 5.13 Å². The van der Waals surface area contributed by atoms with E-state index in [-0.39, 0.29) is 12.0 Å². The Morgan fingerprint density at radius 2 is 2.28 bits per heavy atom. The predicted molar refractivity (Wildman–Crippen MR) is 72.2 cm³/mol. The highest BCUT2D eigenvalue weighted by molar-refractivity contribution is 7.22. The first-order valence-corrected chi connectivity index (χ1v) is 6.83. The largest absolute Gasteiger partial charge is 0.481 e. The summed E-state index contributed by atoms with van der Waals surface area (Å²) in [5, 5.41) is 10.1. The van der Waals surface area contributed by atoms with E-state index in [1.165, 1.54) is 0 Å². The van der Waals surface area contributed by atoms with E-state index in [1.54, 1.807) is 11.3 Å². The third-order valence-electron chi connectivity index (χ3n) is 3.60. The fourth-order valence-corrected chi connectivity index (χ4v) is 3.60. The molecule has 0 spiro atoms. The van der Waals surface area contributed by atoms with Crippen LogP contribution in [0.2, 0.25) is 0 Å². The summed E-state index contributed by atoms with van der Waals surface area (Å²) in [5.74, 6) is -0.983. The molecule has 1 saturated heterocycles. The molecule has 1 aromatic carbocycles. The highest BCUT2D eigenvalue weighted by Crippen LogP contribution is 2.35. The van der Waals surface area contributed by atoms with Crippen molar-refractivity contribution >= 4 is 32.7 Å². The van der Waals surface area contributed by atoms with Gasteiger partial charge in [-0.05, 0) is 25.5 Å². The van der Waals surface area contributed by atoms with E-state index in [4.69, 9.17) is 5.11 Å². The molecule has 4 nitrogen and oxygen atoms in total. The second-order valence-corrected chi connectivity index (χ2v) is 5.64. The quantitative estimate of drug-likeness (QED) is 0.904. The van der Waals surface area contributed by atoms with E-state index in [2.05, 4.69) is 9.88 Å². The molecule has 2 atom stereocenters. The van der Waals surface area contributed by atoms with E-state index in [9.17, 15) is 4.79 Å². The molecule has 3 rings (SSSR count). The summed E-state index contributed by atoms with van der Waals surface area (Å²) in [6, 6.07) is 8.02. The Labute approximate surface area is 109 Å². The van der Waals surface area contributed by atoms with Crippen LogP contribution in [0.1, 0.15) is 13.3 Å². The molecule has 0 aliphatic carbocycles. The first-order chi connectivity index (χ1) is 8.66. The van der Waals surface area contributed by atoms with E-state index >= 15 is 0 Å². The zero-order chi connectivity index (χ0) is 12.7. The molecule has 1 aliphatic heterocycles. The first kappa shape index (κ1) is 11.5. The van der Waals surface area contributed by atoms with Crippen molar-refractivity contribution in [1.82, 2.24) is 4.98 Å². The molecule has 1 fully saturated rings. The molecule has 1 aliphatic rings. The number of fused-ring (bicyclic) bond motifs is 1. The summed E-state index contributed by atoms with van der Waals surface area (Å²) in [7, 11) is 0. The maximum atomic E-state index is 11.1. The Hall–Kier alpha value is -1.62. The fraction of sp³-hybridized carbons (Fsp3) is 0.385. The standard InChI is InChI=1S/C13H14N2O2S/c1-8-9(12(16)17)6-7-15(8)13-14-10-4-2-3-5-11(10)18-13/h2-5,8-9H,6-7H2,1H3,(H,16,17). The zero-order valence-electron chi connectivity index (χ0n) is 10.0. The Kier molecular flexibility index (Phi) is 2.70. The van der Waals surface area contributed by atoms with Gasteiger partial charge in [0.25, 0.3) is 0 Å². The number of carboxylic acid groups (broad SMARTS) is 1. The van der Waals surface area contributed by atoms with Crippen molar-refractivity contribution < 1.29 is 9.90 Å². The van der Waals surface area contributed by atoms with Crippen LogP contribution in [0.15, 0.2) is 24.3 Å². The number of rotatable bonds is 2. The highest BCUT2D eigenvalue weighted by atomic mass is 32.1. The van der Waals surface area contributed by atoms with Gasteiger partial charge in [0.1, 0.15) is 0 Å². The van der Waals surface area contributed by atoms with Crippen LogP contribution >= 0.6 is 11.3 Å². The lowest BCUT2D eigenvalue weighted by Crippen LogP contribution is -2.32. The van der Waals surface area contributed by atoms with Crippen molar-refractivity contribution in [2.45, 2.75) is 19.4 Å². The lowest BCUT2D eigenvalue weighted by molar-refractivity contribution is -0.141. The third-order valence-corrected chi connectivity index (χ3v) is 4.67. The van der Waals surface area contributed by atoms with Crippen molar-refractivity contribution in [1.29, 1.82) is 0 Å². The van der Waals surface area contributed by atoms with Crippen molar-refractivity contribution in [2.24, 2.45) is 5.92 Å². The van der Waals surface area contributed by atoms with Gasteiger partial charge in [-0.25, -0.2) is 4.98 Å². The minimum Gasteiger partial charge on any atom is -0.481 e. The summed E-state index contributed by atoms with van der Waals surface area (Å²) < 4.78 is 1.15. The molecule has 5 heteroatoms. The summed E-state index contributed by atoms with van der Waals surface area (Å²) in [6.45, 7) is 2.75. The van der Waals surface area contributed by atoms with Crippen LogP contribution in [0.5, 0.6) is 0 Å². The van der Waals surface area contributed by atoms with E-state index in [1.807, 2.05) is 31.2 Å². The Bertz CT molecular complexity index is 562. The summed E-state index contributed by atoms with van der Waals surface area (Å²) >= 11 is 1.63. The summed E-state index contributed by atoms with van der Waals surface area (Å²) in [4.78, 5) is 17.8. The van der Waals surface area contributed by atoms with Crippen LogP contribution in [0.4, 0.5) is 5.13 Å². The lowest BCUT2D eigenvalue weighted by atomic mass is 10.0. The number of nitrogens with zero attached hydrogens (tertiary/aromatic N) is 2. The third kappa shape index (κ3) is 1.75. The molecule has 2 aromatic rings. The van der Waals surface area contributed by atoms with Gasteiger partial charge in [0.05, 0.1) is 16.1 Å². The predicted octanol–water partition coefficient (Wildman–Crippen LogP) is 2.60. The molecule has 94 valence electrons. The molecule has 1 N–H and O–H groups in total. The number of anilines is 1. The molecule has 0 bridgehead atoms. The number of carbonyl (C=O) groups is 1. The molecule has 18 heavy (non-hydrogen) atoms. The van der Waals surface area contributed by atoms with E-state index in [0.29, 0.717) is 6.42 Å². The SMILES string of the molecule is CC1C(C(=O)O)CCN1c1nc2ccccc2s1. The lowest BCUT2D eigenvalue weighted by Gasteiger charge is -2.22. The van der Waals surface area contributed by atoms with Gasteiger partial charge in [0.2, 0.25) is 0 Å². The van der Waals surface area contributed by atoms with Crippen molar-refractivity contribution in [3.63, 3.8) is 0 Å². The van der Waals surface area contributed by atoms with Gasteiger partial charge in [-0.3, -0.25) is 4.79 Å². The molecule has 0 amide bonds. The molecule has 1 aromatic heterocycles. The smallest absolute Gasteiger partial charge is 0.308 e. The van der Waals surface area contributed by atoms with Crippen LogP contribution < -0.4 is 4.90 Å². The molecular formula is C13H14N2O2S. The maximum Gasteiger partial charge on any atom is 0.308 e. The van der Waals surface area contributed by atoms with Gasteiger partial charge >= 0.3 is 5.97 Å². The van der Waals surface area contributed by atoms with Crippen LogP contribution in [0.25, 0.3) is 10.2 Å². The summed E-state index contributed by atoms with van der Waals surface area (Å²) in [6.07, 6.45) is 0.701. The molecule has 0 radical (unpaired) electrons. The average molecular weight is 262 g/mol. The number of para-hydroxylation sites is 1. The average Bonchev–Trinajstić information content (AvgIpc) is 2.91. The fourth-order valence-electron chi connectivity index (χ4n) is 2.52. The van der Waals surface area contributed by atoms with Gasteiger partial charge in [-0.1, -0.05) is 23.5 Å². The minimum absolute atomic E-state index is 0.0167. The van der Waals surface area contributed by atoms with Gasteiger partial charge in [0, 0.05) is 12.6 Å². The van der Waals surface area contributed by atoms with Gasteiger partial charge in [-0.15, -0.1) is 0 Å². The van der Waals surface area contributed by atoms with E-state index < -0.39 is 5.97 Å².